The van der Waals surface area contributed by atoms with Crippen molar-refractivity contribution in [1.82, 2.24) is 39.9 Å². The summed E-state index contributed by atoms with van der Waals surface area (Å²) in [5, 5.41) is -0.0216. The Morgan fingerprint density at radius 3 is 1.33 bits per heavy atom. The van der Waals surface area contributed by atoms with E-state index in [1.165, 1.54) is 30.3 Å². The standard InChI is InChI=1S/C32H16N8O12S4.Cu/c41-53(42,43)13-4-7-16-20(10-13)30-34-25(16)33-28-19-2-1-3-23(56(50,51)52)24(19)32(40-28)39-27-18-9-6-15(55(47,48)49)12-22(18)29(37-27)35-26-17-8-5-14(54(44,45)46)11-21(17)31(36-26)38-30;/h1-12H,(H4-2,33,34,35,36,37,38,39,40,41,42,43,44,45,46,47,48,49,50,51,52);/q-2;+2. The van der Waals surface area contributed by atoms with E-state index in [2.05, 4.69) is 39.9 Å². The quantitative estimate of drug-likeness (QED) is 0.146. The average molecular weight is 896 g/mol. The summed E-state index contributed by atoms with van der Waals surface area (Å²) in [6.07, 6.45) is 0. The first-order valence-corrected chi connectivity index (χ1v) is 21.2. The van der Waals surface area contributed by atoms with Gasteiger partial charge < -0.3 is 29.9 Å². The summed E-state index contributed by atoms with van der Waals surface area (Å²) >= 11 is 0. The van der Waals surface area contributed by atoms with Crippen LogP contribution in [0.15, 0.2) is 92.4 Å². The van der Waals surface area contributed by atoms with Crippen LogP contribution in [0.25, 0.3) is 89.7 Å². The van der Waals surface area contributed by atoms with E-state index in [1.54, 1.807) is 0 Å². The van der Waals surface area contributed by atoms with Crippen molar-refractivity contribution in [2.75, 3.05) is 0 Å². The van der Waals surface area contributed by atoms with Gasteiger partial charge in [0.1, 0.15) is 4.90 Å². The third-order valence-corrected chi connectivity index (χ3v) is 12.2. The molecule has 25 heteroatoms. The van der Waals surface area contributed by atoms with Gasteiger partial charge in [0.25, 0.3) is 40.5 Å². The number of hydrogen-bond donors (Lipinski definition) is 4. The van der Waals surface area contributed by atoms with Crippen LogP contribution in [0.5, 0.6) is 0 Å². The Balaban J connectivity index is 0.00000455. The van der Waals surface area contributed by atoms with E-state index >= 15 is 0 Å². The second kappa shape index (κ2) is 12.7. The minimum atomic E-state index is -4.92. The van der Waals surface area contributed by atoms with E-state index in [0.717, 1.165) is 42.5 Å². The Labute approximate surface area is 329 Å². The van der Waals surface area contributed by atoms with Crippen LogP contribution >= 0.6 is 0 Å². The SMILES string of the molecule is O=S(=O)(O)c1ccc2c(c1)-c1nc-2nc2[n-]c(nc3nc(nc4[n-]c(n1)c1cc(S(=O)(=O)O)ccc41)-c1cc(S(=O)(=O)O)ccc1-3)c1c(S(=O)(=O)O)cccc21.[Cu+2]. The summed E-state index contributed by atoms with van der Waals surface area (Å²) < 4.78 is 138. The molecular weight excluding hydrogens is 880 g/mol. The fourth-order valence-corrected chi connectivity index (χ4v) is 8.54. The van der Waals surface area contributed by atoms with Crippen molar-refractivity contribution < 1.29 is 69.0 Å². The summed E-state index contributed by atoms with van der Waals surface area (Å²) in [5.74, 6) is -0.827. The molecule has 2 aliphatic rings. The smallest absolute Gasteiger partial charge is 0.357 e. The van der Waals surface area contributed by atoms with Crippen LogP contribution in [0.3, 0.4) is 0 Å². The first-order chi connectivity index (χ1) is 26.2. The second-order valence-corrected chi connectivity index (χ2v) is 17.8. The molecule has 57 heavy (non-hydrogen) atoms. The number of rotatable bonds is 4. The van der Waals surface area contributed by atoms with Gasteiger partial charge in [0.05, 0.1) is 38.0 Å². The summed E-state index contributed by atoms with van der Waals surface area (Å²) in [6.45, 7) is 0. The molecule has 4 aromatic carbocycles. The Morgan fingerprint density at radius 1 is 0.404 bits per heavy atom. The zero-order valence-electron chi connectivity index (χ0n) is 27.5. The third kappa shape index (κ3) is 6.44. The maximum absolute atomic E-state index is 12.6. The van der Waals surface area contributed by atoms with Gasteiger partial charge in [0.2, 0.25) is 0 Å². The molecule has 9 rings (SSSR count). The van der Waals surface area contributed by atoms with Gasteiger partial charge in [0.15, 0.2) is 0 Å². The molecule has 5 heterocycles. The zero-order chi connectivity index (χ0) is 39.7. The molecule has 20 nitrogen and oxygen atoms in total. The van der Waals surface area contributed by atoms with Gasteiger partial charge in [-0.1, -0.05) is 30.3 Å². The molecule has 0 saturated heterocycles. The molecule has 8 bridgehead atoms. The normalized spacial score (nSPS) is 13.0. The molecular formula is C32H16CuN8O12S4. The molecule has 0 saturated carbocycles. The molecule has 0 unspecified atom stereocenters. The van der Waals surface area contributed by atoms with Gasteiger partial charge in [-0.2, -0.15) is 33.7 Å². The summed E-state index contributed by atoms with van der Waals surface area (Å²) in [5.41, 5.74) is -0.663. The van der Waals surface area contributed by atoms with Gasteiger partial charge in [-0.05, 0) is 58.6 Å². The predicted octanol–water partition coefficient (Wildman–Crippen LogP) is 3.11. The van der Waals surface area contributed by atoms with Crippen LogP contribution in [0.4, 0.5) is 0 Å². The molecule has 2 aliphatic heterocycles. The fourth-order valence-electron chi connectivity index (χ4n) is 6.31. The maximum Gasteiger partial charge on any atom is 2.00 e. The largest absolute Gasteiger partial charge is 2.00 e. The zero-order valence-corrected chi connectivity index (χ0v) is 31.7. The molecule has 7 aromatic rings. The van der Waals surface area contributed by atoms with Gasteiger partial charge in [-0.3, -0.25) is 18.2 Å². The van der Waals surface area contributed by atoms with Crippen LogP contribution in [0.2, 0.25) is 0 Å². The van der Waals surface area contributed by atoms with Crippen LogP contribution in [-0.4, -0.2) is 81.8 Å². The second-order valence-electron chi connectivity index (χ2n) is 12.2. The first-order valence-electron chi connectivity index (χ1n) is 15.4. The summed E-state index contributed by atoms with van der Waals surface area (Å²) in [7, 11) is -19.2. The Kier molecular flexibility index (Phi) is 8.53. The molecule has 4 N–H and O–H groups in total. The van der Waals surface area contributed by atoms with E-state index in [1.807, 2.05) is 0 Å². The fraction of sp³-hybridized carbons (Fsp3) is 0. The molecule has 0 aliphatic carbocycles. The molecule has 291 valence electrons. The molecule has 3 aromatic heterocycles. The van der Waals surface area contributed by atoms with E-state index in [-0.39, 0.29) is 107 Å². The van der Waals surface area contributed by atoms with Gasteiger partial charge in [-0.15, -0.1) is 0 Å². The number of fused-ring (bicyclic) bond motifs is 20. The minimum Gasteiger partial charge on any atom is -0.357 e. The van der Waals surface area contributed by atoms with Crippen LogP contribution in [0, 0.1) is 0 Å². The van der Waals surface area contributed by atoms with Crippen LogP contribution in [0.1, 0.15) is 0 Å². The van der Waals surface area contributed by atoms with Crippen molar-refractivity contribution >= 4 is 84.6 Å². The van der Waals surface area contributed by atoms with Crippen LogP contribution < -0.4 is 9.97 Å². The summed E-state index contributed by atoms with van der Waals surface area (Å²) in [4.78, 5) is 33.7. The topological polar surface area (TPSA) is 323 Å². The summed E-state index contributed by atoms with van der Waals surface area (Å²) in [6, 6.07) is 14.0. The van der Waals surface area contributed by atoms with Crippen molar-refractivity contribution in [2.45, 2.75) is 19.6 Å². The number of benzene rings is 4. The molecule has 0 atom stereocenters. The minimum absolute atomic E-state index is 0. The van der Waals surface area contributed by atoms with Crippen LogP contribution in [-0.2, 0) is 57.5 Å². The Morgan fingerprint density at radius 2 is 0.825 bits per heavy atom. The van der Waals surface area contributed by atoms with Gasteiger partial charge in [-0.25, -0.2) is 9.97 Å². The number of hydrogen-bond acceptors (Lipinski definition) is 14. The van der Waals surface area contributed by atoms with Crippen molar-refractivity contribution in [1.29, 1.82) is 0 Å². The van der Waals surface area contributed by atoms with E-state index < -0.39 is 60.1 Å². The predicted molar refractivity (Wildman–Crippen MR) is 193 cm³/mol. The van der Waals surface area contributed by atoms with Crippen molar-refractivity contribution in [3.63, 3.8) is 0 Å². The average Bonchev–Trinajstić information content (AvgIpc) is 3.84. The number of aromatic nitrogens is 8. The van der Waals surface area contributed by atoms with E-state index in [4.69, 9.17) is 0 Å². The van der Waals surface area contributed by atoms with Crippen molar-refractivity contribution in [2.24, 2.45) is 0 Å². The molecule has 0 spiro atoms. The Hall–Kier alpha value is -5.60. The maximum atomic E-state index is 12.6. The van der Waals surface area contributed by atoms with E-state index in [9.17, 15) is 51.9 Å². The van der Waals surface area contributed by atoms with E-state index in [0.29, 0.717) is 0 Å². The van der Waals surface area contributed by atoms with Gasteiger partial charge in [0, 0.05) is 50.2 Å². The third-order valence-electron chi connectivity index (χ3n) is 8.78. The first kappa shape index (κ1) is 38.3. The molecule has 0 amide bonds. The monoisotopic (exact) mass is 895 g/mol. The van der Waals surface area contributed by atoms with Gasteiger partial charge >= 0.3 is 17.1 Å². The Bertz CT molecular complexity index is 3580. The molecule has 1 radical (unpaired) electrons. The number of nitrogens with zero attached hydrogens (tertiary/aromatic N) is 8. The molecule has 0 fully saturated rings. The van der Waals surface area contributed by atoms with Crippen molar-refractivity contribution in [3.05, 3.63) is 72.8 Å². The van der Waals surface area contributed by atoms with Crippen molar-refractivity contribution in [3.8, 4) is 45.6 Å².